The van der Waals surface area contributed by atoms with E-state index < -0.39 is 0 Å². The molecule has 2 heteroatoms. The van der Waals surface area contributed by atoms with Crippen LogP contribution in [0, 0.1) is 0 Å². The third-order valence-corrected chi connectivity index (χ3v) is 5.55. The van der Waals surface area contributed by atoms with Crippen LogP contribution in [0.25, 0.3) is 0 Å². The zero-order valence-electron chi connectivity index (χ0n) is 18.3. The summed E-state index contributed by atoms with van der Waals surface area (Å²) in [4.78, 5) is 2.53. The Morgan fingerprint density at radius 3 is 1.32 bits per heavy atom. The van der Waals surface area contributed by atoms with E-state index in [-0.39, 0.29) is 0 Å². The van der Waals surface area contributed by atoms with Crippen molar-refractivity contribution < 1.29 is 0 Å². The highest BCUT2D eigenvalue weighted by Gasteiger charge is 2.11. The van der Waals surface area contributed by atoms with Gasteiger partial charge in [-0.2, -0.15) is 0 Å². The molecule has 2 nitrogen and oxygen atoms in total. The van der Waals surface area contributed by atoms with E-state index in [1.807, 2.05) is 0 Å². The molecule has 0 bridgehead atoms. The monoisotopic (exact) mass is 354 g/mol. The third-order valence-electron chi connectivity index (χ3n) is 5.55. The molecule has 1 unspecified atom stereocenters. The summed E-state index contributed by atoms with van der Waals surface area (Å²) < 4.78 is 0. The Labute approximate surface area is 160 Å². The first kappa shape index (κ1) is 24.9. The molecular weight excluding hydrogens is 304 g/mol. The zero-order valence-corrected chi connectivity index (χ0v) is 18.3. The molecule has 0 saturated carbocycles. The lowest BCUT2D eigenvalue weighted by Gasteiger charge is -2.29. The normalized spacial score (nSPS) is 12.8. The van der Waals surface area contributed by atoms with Gasteiger partial charge in [-0.1, -0.05) is 111 Å². The molecule has 0 saturated heterocycles. The Balaban J connectivity index is 3.25. The van der Waals surface area contributed by atoms with E-state index >= 15 is 0 Å². The second-order valence-electron chi connectivity index (χ2n) is 7.70. The van der Waals surface area contributed by atoms with Crippen LogP contribution >= 0.6 is 0 Å². The molecule has 0 aromatic rings. The fourth-order valence-corrected chi connectivity index (χ4v) is 3.78. The molecule has 0 aromatic carbocycles. The van der Waals surface area contributed by atoms with Crippen LogP contribution in [0.4, 0.5) is 0 Å². The van der Waals surface area contributed by atoms with E-state index in [2.05, 4.69) is 37.9 Å². The van der Waals surface area contributed by atoms with Crippen LogP contribution in [0.1, 0.15) is 124 Å². The highest BCUT2D eigenvalue weighted by Crippen LogP contribution is 2.13. The summed E-state index contributed by atoms with van der Waals surface area (Å²) in [5, 5.41) is 3.74. The number of unbranched alkanes of at least 4 members (excludes halogenated alkanes) is 13. The van der Waals surface area contributed by atoms with Crippen molar-refractivity contribution in [3.63, 3.8) is 0 Å². The standard InChI is InChI=1S/C23H50N2/c1-5-9-10-11-12-13-14-15-16-17-18-19-20-21-22-24-23(6-2)25(7-3)8-4/h23-24H,5-22H2,1-4H3. The molecule has 0 aromatic heterocycles. The lowest BCUT2D eigenvalue weighted by molar-refractivity contribution is 0.176. The van der Waals surface area contributed by atoms with Crippen LogP contribution < -0.4 is 5.32 Å². The van der Waals surface area contributed by atoms with E-state index in [9.17, 15) is 0 Å². The number of nitrogens with zero attached hydrogens (tertiary/aromatic N) is 1. The van der Waals surface area contributed by atoms with E-state index in [0.29, 0.717) is 6.17 Å². The summed E-state index contributed by atoms with van der Waals surface area (Å²) in [6.07, 6.45) is 21.9. The fraction of sp³-hybridized carbons (Fsp3) is 1.00. The van der Waals surface area contributed by atoms with Crippen LogP contribution in [0.5, 0.6) is 0 Å². The molecule has 1 N–H and O–H groups in total. The van der Waals surface area contributed by atoms with E-state index in [1.165, 1.54) is 103 Å². The maximum Gasteiger partial charge on any atom is 0.0594 e. The summed E-state index contributed by atoms with van der Waals surface area (Å²) in [7, 11) is 0. The predicted octanol–water partition coefficient (Wildman–Crippen LogP) is 7.14. The molecule has 0 amide bonds. The van der Waals surface area contributed by atoms with Crippen molar-refractivity contribution in [2.45, 2.75) is 130 Å². The number of nitrogens with one attached hydrogen (secondary N) is 1. The third kappa shape index (κ3) is 15.9. The largest absolute Gasteiger partial charge is 0.302 e. The molecular formula is C23H50N2. The number of rotatable bonds is 20. The summed E-state index contributed by atoms with van der Waals surface area (Å²) in [5.41, 5.74) is 0. The van der Waals surface area contributed by atoms with Gasteiger partial charge < -0.3 is 5.32 Å². The molecule has 0 aliphatic heterocycles. The molecule has 0 heterocycles. The lowest BCUT2D eigenvalue weighted by atomic mass is 10.0. The van der Waals surface area contributed by atoms with E-state index in [1.54, 1.807) is 0 Å². The maximum absolute atomic E-state index is 3.74. The van der Waals surface area contributed by atoms with Gasteiger partial charge in [-0.15, -0.1) is 0 Å². The molecule has 0 rings (SSSR count). The Hall–Kier alpha value is -0.0800. The van der Waals surface area contributed by atoms with Gasteiger partial charge in [0.1, 0.15) is 0 Å². The van der Waals surface area contributed by atoms with Crippen molar-refractivity contribution in [2.75, 3.05) is 19.6 Å². The van der Waals surface area contributed by atoms with Crippen LogP contribution in [0.2, 0.25) is 0 Å². The molecule has 152 valence electrons. The average molecular weight is 355 g/mol. The van der Waals surface area contributed by atoms with Gasteiger partial charge in [0.25, 0.3) is 0 Å². The summed E-state index contributed by atoms with van der Waals surface area (Å²) in [6, 6.07) is 0. The molecule has 25 heavy (non-hydrogen) atoms. The minimum absolute atomic E-state index is 0.581. The van der Waals surface area contributed by atoms with Gasteiger partial charge in [-0.05, 0) is 32.5 Å². The summed E-state index contributed by atoms with van der Waals surface area (Å²) >= 11 is 0. The quantitative estimate of drug-likeness (QED) is 0.185. The van der Waals surface area contributed by atoms with Crippen LogP contribution in [-0.4, -0.2) is 30.7 Å². The minimum atomic E-state index is 0.581. The van der Waals surface area contributed by atoms with Gasteiger partial charge in [-0.25, -0.2) is 0 Å². The van der Waals surface area contributed by atoms with Crippen molar-refractivity contribution in [2.24, 2.45) is 0 Å². The molecule has 0 aliphatic rings. The van der Waals surface area contributed by atoms with Gasteiger partial charge in [0.05, 0.1) is 6.17 Å². The average Bonchev–Trinajstić information content (AvgIpc) is 2.64. The lowest BCUT2D eigenvalue weighted by Crippen LogP contribution is -2.45. The summed E-state index contributed by atoms with van der Waals surface area (Å²) in [5.74, 6) is 0. The second kappa shape index (κ2) is 20.2. The van der Waals surface area contributed by atoms with Crippen molar-refractivity contribution in [3.05, 3.63) is 0 Å². The van der Waals surface area contributed by atoms with Gasteiger partial charge in [0, 0.05) is 0 Å². The van der Waals surface area contributed by atoms with Crippen LogP contribution in [0.15, 0.2) is 0 Å². The predicted molar refractivity (Wildman–Crippen MR) is 115 cm³/mol. The molecule has 0 aliphatic carbocycles. The molecule has 0 fully saturated rings. The second-order valence-corrected chi connectivity index (χ2v) is 7.70. The van der Waals surface area contributed by atoms with E-state index in [0.717, 1.165) is 13.1 Å². The summed E-state index contributed by atoms with van der Waals surface area (Å²) in [6.45, 7) is 12.6. The first-order valence-electron chi connectivity index (χ1n) is 11.8. The number of hydrogen-bond donors (Lipinski definition) is 1. The fourth-order valence-electron chi connectivity index (χ4n) is 3.78. The van der Waals surface area contributed by atoms with Crippen molar-refractivity contribution in [1.82, 2.24) is 10.2 Å². The van der Waals surface area contributed by atoms with Gasteiger partial charge in [-0.3, -0.25) is 4.90 Å². The smallest absolute Gasteiger partial charge is 0.0594 e. The topological polar surface area (TPSA) is 15.3 Å². The minimum Gasteiger partial charge on any atom is -0.302 e. The molecule has 0 spiro atoms. The zero-order chi connectivity index (χ0) is 18.6. The first-order valence-corrected chi connectivity index (χ1v) is 11.8. The van der Waals surface area contributed by atoms with Crippen LogP contribution in [-0.2, 0) is 0 Å². The first-order chi connectivity index (χ1) is 12.3. The van der Waals surface area contributed by atoms with Crippen molar-refractivity contribution in [1.29, 1.82) is 0 Å². The Kier molecular flexibility index (Phi) is 20.2. The SMILES string of the molecule is CCCCCCCCCCCCCCCCNC(CC)N(CC)CC. The highest BCUT2D eigenvalue weighted by molar-refractivity contribution is 4.66. The van der Waals surface area contributed by atoms with Gasteiger partial charge in [0.2, 0.25) is 0 Å². The Bertz CT molecular complexity index is 238. The van der Waals surface area contributed by atoms with Gasteiger partial charge >= 0.3 is 0 Å². The number of hydrogen-bond acceptors (Lipinski definition) is 2. The Morgan fingerprint density at radius 2 is 0.960 bits per heavy atom. The van der Waals surface area contributed by atoms with E-state index in [4.69, 9.17) is 0 Å². The molecule has 1 atom stereocenters. The van der Waals surface area contributed by atoms with Crippen LogP contribution in [0.3, 0.4) is 0 Å². The van der Waals surface area contributed by atoms with Crippen molar-refractivity contribution >= 4 is 0 Å². The van der Waals surface area contributed by atoms with Crippen molar-refractivity contribution in [3.8, 4) is 0 Å². The molecule has 0 radical (unpaired) electrons. The highest BCUT2D eigenvalue weighted by atomic mass is 15.3. The van der Waals surface area contributed by atoms with Gasteiger partial charge in [0.15, 0.2) is 0 Å². The Morgan fingerprint density at radius 1 is 0.560 bits per heavy atom. The maximum atomic E-state index is 3.74.